The number of rotatable bonds is 4. The molecule has 1 unspecified atom stereocenters. The zero-order valence-electron chi connectivity index (χ0n) is 6.50. The van der Waals surface area contributed by atoms with Crippen molar-refractivity contribution in [1.29, 1.82) is 0 Å². The van der Waals surface area contributed by atoms with E-state index in [2.05, 4.69) is 0 Å². The lowest BCUT2D eigenvalue weighted by molar-refractivity contribution is 0.260. The van der Waals surface area contributed by atoms with Crippen molar-refractivity contribution < 1.29 is 9.84 Å². The van der Waals surface area contributed by atoms with Crippen molar-refractivity contribution in [2.24, 2.45) is 5.73 Å². The molecule has 60 valence electrons. The van der Waals surface area contributed by atoms with Gasteiger partial charge in [0.2, 0.25) is 0 Å². The molecule has 0 aliphatic carbocycles. The second kappa shape index (κ2) is 5.26. The number of hydrogen-bond donors (Lipinski definition) is 2. The van der Waals surface area contributed by atoms with Gasteiger partial charge in [-0.1, -0.05) is 0 Å². The molecule has 0 bridgehead atoms. The van der Waals surface area contributed by atoms with E-state index in [1.54, 1.807) is 13.2 Å². The van der Waals surface area contributed by atoms with Crippen LogP contribution in [0.1, 0.15) is 13.3 Å². The summed E-state index contributed by atoms with van der Waals surface area (Å²) in [5, 5.41) is 8.45. The average molecular weight is 145 g/mol. The summed E-state index contributed by atoms with van der Waals surface area (Å²) in [5.41, 5.74) is 5.51. The van der Waals surface area contributed by atoms with E-state index in [1.807, 2.05) is 6.92 Å². The number of aliphatic hydroxyl groups is 1. The third-order valence-corrected chi connectivity index (χ3v) is 1.16. The number of aliphatic hydroxyl groups excluding tert-OH is 1. The minimum Gasteiger partial charge on any atom is -0.500 e. The van der Waals surface area contributed by atoms with Gasteiger partial charge >= 0.3 is 0 Å². The minimum atomic E-state index is -0.0865. The second-order valence-corrected chi connectivity index (χ2v) is 2.11. The van der Waals surface area contributed by atoms with Crippen LogP contribution >= 0.6 is 0 Å². The Balaban J connectivity index is 3.79. The quantitative estimate of drug-likeness (QED) is 0.557. The summed E-state index contributed by atoms with van der Waals surface area (Å²) in [7, 11) is 1.58. The third kappa shape index (κ3) is 3.48. The molecule has 0 aromatic rings. The van der Waals surface area contributed by atoms with Gasteiger partial charge in [-0.25, -0.2) is 0 Å². The first-order chi connectivity index (χ1) is 4.72. The molecule has 0 aliphatic heterocycles. The molecule has 0 rings (SSSR count). The summed E-state index contributed by atoms with van der Waals surface area (Å²) in [6.07, 6.45) is 2.40. The maximum atomic E-state index is 8.45. The highest BCUT2D eigenvalue weighted by Gasteiger charge is 2.00. The van der Waals surface area contributed by atoms with Crippen LogP contribution in [-0.4, -0.2) is 24.9 Å². The molecule has 3 nitrogen and oxygen atoms in total. The van der Waals surface area contributed by atoms with Crippen molar-refractivity contribution in [2.45, 2.75) is 19.4 Å². The molecule has 0 spiro atoms. The highest BCUT2D eigenvalue weighted by atomic mass is 16.5. The number of ether oxygens (including phenoxy) is 1. The Bertz CT molecular complexity index is 110. The van der Waals surface area contributed by atoms with Gasteiger partial charge in [-0.05, 0) is 19.4 Å². The fraction of sp³-hybridized carbons (Fsp3) is 0.714. The summed E-state index contributed by atoms with van der Waals surface area (Å²) in [4.78, 5) is 0. The van der Waals surface area contributed by atoms with Crippen LogP contribution in [-0.2, 0) is 4.74 Å². The summed E-state index contributed by atoms with van der Waals surface area (Å²) in [6.45, 7) is 1.98. The third-order valence-electron chi connectivity index (χ3n) is 1.16. The Labute approximate surface area is 61.5 Å². The summed E-state index contributed by atoms with van der Waals surface area (Å²) < 4.78 is 4.94. The SMILES string of the molecule is COC(=CCCO)C(C)N. The number of methoxy groups -OCH3 is 1. The fourth-order valence-electron chi connectivity index (χ4n) is 0.662. The highest BCUT2D eigenvalue weighted by molar-refractivity contribution is 4.99. The van der Waals surface area contributed by atoms with Gasteiger partial charge in [0, 0.05) is 6.61 Å². The van der Waals surface area contributed by atoms with Crippen LogP contribution < -0.4 is 5.73 Å². The lowest BCUT2D eigenvalue weighted by Gasteiger charge is -2.08. The molecule has 3 heteroatoms. The van der Waals surface area contributed by atoms with Gasteiger partial charge in [0.1, 0.15) is 5.76 Å². The molecule has 0 amide bonds. The highest BCUT2D eigenvalue weighted by Crippen LogP contribution is 2.00. The molecule has 0 radical (unpaired) electrons. The normalized spacial score (nSPS) is 15.0. The smallest absolute Gasteiger partial charge is 0.108 e. The molecular weight excluding hydrogens is 130 g/mol. The molecule has 0 aromatic carbocycles. The van der Waals surface area contributed by atoms with E-state index in [1.165, 1.54) is 0 Å². The van der Waals surface area contributed by atoms with Crippen molar-refractivity contribution in [3.63, 3.8) is 0 Å². The monoisotopic (exact) mass is 145 g/mol. The van der Waals surface area contributed by atoms with Gasteiger partial charge in [0.15, 0.2) is 0 Å². The Morgan fingerprint density at radius 3 is 2.70 bits per heavy atom. The minimum absolute atomic E-state index is 0.0865. The lowest BCUT2D eigenvalue weighted by Crippen LogP contribution is -2.19. The zero-order valence-corrected chi connectivity index (χ0v) is 6.50. The summed E-state index contributed by atoms with van der Waals surface area (Å²) in [6, 6.07) is -0.0865. The van der Waals surface area contributed by atoms with Crippen molar-refractivity contribution in [3.05, 3.63) is 11.8 Å². The molecule has 0 aliphatic rings. The largest absolute Gasteiger partial charge is 0.500 e. The Kier molecular flexibility index (Phi) is 4.98. The molecule has 0 saturated carbocycles. The van der Waals surface area contributed by atoms with E-state index >= 15 is 0 Å². The van der Waals surface area contributed by atoms with Crippen molar-refractivity contribution in [2.75, 3.05) is 13.7 Å². The van der Waals surface area contributed by atoms with Crippen LogP contribution in [0.2, 0.25) is 0 Å². The molecular formula is C7H15NO2. The first kappa shape index (κ1) is 9.46. The predicted molar refractivity (Wildman–Crippen MR) is 40.4 cm³/mol. The zero-order chi connectivity index (χ0) is 7.98. The van der Waals surface area contributed by atoms with Crippen LogP contribution in [0.3, 0.4) is 0 Å². The van der Waals surface area contributed by atoms with Crippen molar-refractivity contribution in [1.82, 2.24) is 0 Å². The van der Waals surface area contributed by atoms with Gasteiger partial charge in [-0.3, -0.25) is 0 Å². The van der Waals surface area contributed by atoms with Gasteiger partial charge in [-0.15, -0.1) is 0 Å². The average Bonchev–Trinajstić information content (AvgIpc) is 1.89. The molecule has 0 heterocycles. The molecule has 3 N–H and O–H groups in total. The first-order valence-electron chi connectivity index (χ1n) is 3.32. The Hall–Kier alpha value is -0.540. The maximum absolute atomic E-state index is 8.45. The topological polar surface area (TPSA) is 55.5 Å². The number of nitrogens with two attached hydrogens (primary N) is 1. The van der Waals surface area contributed by atoms with Crippen molar-refractivity contribution in [3.8, 4) is 0 Å². The van der Waals surface area contributed by atoms with Gasteiger partial charge in [0.25, 0.3) is 0 Å². The molecule has 0 fully saturated rings. The number of hydrogen-bond acceptors (Lipinski definition) is 3. The van der Waals surface area contributed by atoms with Crippen molar-refractivity contribution >= 4 is 0 Å². The molecule has 0 aromatic heterocycles. The molecule has 10 heavy (non-hydrogen) atoms. The van der Waals surface area contributed by atoms with Crippen LogP contribution in [0, 0.1) is 0 Å². The fourth-order valence-corrected chi connectivity index (χ4v) is 0.662. The first-order valence-corrected chi connectivity index (χ1v) is 3.32. The van der Waals surface area contributed by atoms with Crippen LogP contribution in [0.5, 0.6) is 0 Å². The predicted octanol–water partition coefficient (Wildman–Crippen LogP) is 0.246. The van der Waals surface area contributed by atoms with Gasteiger partial charge < -0.3 is 15.6 Å². The summed E-state index contributed by atoms with van der Waals surface area (Å²) >= 11 is 0. The van der Waals surface area contributed by atoms with E-state index in [-0.39, 0.29) is 12.6 Å². The van der Waals surface area contributed by atoms with E-state index in [0.717, 1.165) is 5.76 Å². The molecule has 0 saturated heterocycles. The van der Waals surface area contributed by atoms with E-state index < -0.39 is 0 Å². The van der Waals surface area contributed by atoms with Crippen LogP contribution in [0.25, 0.3) is 0 Å². The molecule has 1 atom stereocenters. The summed E-state index contributed by atoms with van der Waals surface area (Å²) in [5.74, 6) is 0.731. The second-order valence-electron chi connectivity index (χ2n) is 2.11. The maximum Gasteiger partial charge on any atom is 0.108 e. The Morgan fingerprint density at radius 2 is 2.40 bits per heavy atom. The van der Waals surface area contributed by atoms with Crippen LogP contribution in [0.15, 0.2) is 11.8 Å². The van der Waals surface area contributed by atoms with Crippen LogP contribution in [0.4, 0.5) is 0 Å². The van der Waals surface area contributed by atoms with E-state index in [9.17, 15) is 0 Å². The van der Waals surface area contributed by atoms with E-state index in [0.29, 0.717) is 6.42 Å². The van der Waals surface area contributed by atoms with Gasteiger partial charge in [0.05, 0.1) is 13.2 Å². The lowest BCUT2D eigenvalue weighted by atomic mass is 10.2. The Morgan fingerprint density at radius 1 is 1.80 bits per heavy atom. The van der Waals surface area contributed by atoms with Gasteiger partial charge in [-0.2, -0.15) is 0 Å². The standard InChI is InChI=1S/C7H15NO2/c1-6(8)7(10-2)4-3-5-9/h4,6,9H,3,5,8H2,1-2H3. The van der Waals surface area contributed by atoms with E-state index in [4.69, 9.17) is 15.6 Å².